The van der Waals surface area contributed by atoms with Gasteiger partial charge in [-0.15, -0.1) is 0 Å². The fourth-order valence-corrected chi connectivity index (χ4v) is 1.39. The monoisotopic (exact) mass is 249 g/mol. The Bertz CT molecular complexity index is 454. The van der Waals surface area contributed by atoms with E-state index in [1.165, 1.54) is 19.2 Å². The number of benzene rings is 1. The van der Waals surface area contributed by atoms with Crippen LogP contribution in [0.1, 0.15) is 13.8 Å². The first-order valence-corrected chi connectivity index (χ1v) is 5.58. The minimum absolute atomic E-state index is 0.203. The van der Waals surface area contributed by atoms with Crippen LogP contribution in [0.2, 0.25) is 0 Å². The van der Waals surface area contributed by atoms with Gasteiger partial charge in [0.2, 0.25) is 5.69 Å². The van der Waals surface area contributed by atoms with Gasteiger partial charge in [0.1, 0.15) is 5.75 Å². The Kier molecular flexibility index (Phi) is 5.01. The Hall–Kier alpha value is -1.71. The number of hydrogen-bond acceptors (Lipinski definition) is 4. The van der Waals surface area contributed by atoms with Crippen molar-refractivity contribution in [2.24, 2.45) is 5.92 Å². The van der Waals surface area contributed by atoms with E-state index in [9.17, 15) is 0 Å². The van der Waals surface area contributed by atoms with E-state index in [0.717, 1.165) is 0 Å². The van der Waals surface area contributed by atoms with Crippen LogP contribution in [0.25, 0.3) is 4.85 Å². The molecular formula is C12H16BNO4. The van der Waals surface area contributed by atoms with Crippen LogP contribution >= 0.6 is 0 Å². The first-order chi connectivity index (χ1) is 8.49. The Morgan fingerprint density at radius 2 is 2.06 bits per heavy atom. The largest absolute Gasteiger partial charge is 0.501 e. The highest BCUT2D eigenvalue weighted by Crippen LogP contribution is 2.36. The van der Waals surface area contributed by atoms with Gasteiger partial charge in [-0.25, -0.2) is 4.85 Å². The van der Waals surface area contributed by atoms with Gasteiger partial charge >= 0.3 is 7.12 Å². The molecule has 0 atom stereocenters. The van der Waals surface area contributed by atoms with E-state index in [4.69, 9.17) is 26.1 Å². The maximum Gasteiger partial charge on any atom is 0.487 e. The van der Waals surface area contributed by atoms with E-state index < -0.39 is 7.12 Å². The van der Waals surface area contributed by atoms with Crippen molar-refractivity contribution in [3.05, 3.63) is 23.5 Å². The van der Waals surface area contributed by atoms with E-state index in [2.05, 4.69) is 4.85 Å². The molecule has 0 aliphatic carbocycles. The number of rotatable bonds is 5. The van der Waals surface area contributed by atoms with E-state index in [0.29, 0.717) is 24.0 Å². The van der Waals surface area contributed by atoms with Crippen molar-refractivity contribution >= 4 is 18.3 Å². The molecule has 0 saturated carbocycles. The number of methoxy groups -OCH3 is 1. The highest BCUT2D eigenvalue weighted by Gasteiger charge is 2.19. The summed E-state index contributed by atoms with van der Waals surface area (Å²) in [5.74, 6) is 0.981. The molecule has 0 saturated heterocycles. The lowest BCUT2D eigenvalue weighted by molar-refractivity contribution is 0.258. The lowest BCUT2D eigenvalue weighted by Crippen LogP contribution is -2.29. The van der Waals surface area contributed by atoms with Crippen LogP contribution in [0.4, 0.5) is 5.69 Å². The van der Waals surface area contributed by atoms with Crippen LogP contribution < -0.4 is 14.9 Å². The molecular weight excluding hydrogens is 233 g/mol. The zero-order chi connectivity index (χ0) is 13.7. The third-order valence-electron chi connectivity index (χ3n) is 2.26. The van der Waals surface area contributed by atoms with Crippen molar-refractivity contribution < 1.29 is 19.5 Å². The van der Waals surface area contributed by atoms with Crippen LogP contribution in [0.5, 0.6) is 11.5 Å². The Balaban J connectivity index is 3.18. The number of ether oxygens (including phenoxy) is 2. The SMILES string of the molecule is [C-]#[N+]c1cc(B(O)O)cc(OC)c1OCC(C)C. The Morgan fingerprint density at radius 1 is 1.39 bits per heavy atom. The standard InChI is InChI=1S/C12H16BNO4/c1-8(2)7-18-12-10(14-3)5-9(13(15)16)6-11(12)17-4/h5-6,8,15-16H,7H2,1-2,4H3. The maximum atomic E-state index is 9.13. The number of hydrogen-bond donors (Lipinski definition) is 2. The van der Waals surface area contributed by atoms with Gasteiger partial charge in [0.05, 0.1) is 20.3 Å². The minimum Gasteiger partial charge on any atom is -0.501 e. The topological polar surface area (TPSA) is 63.3 Å². The summed E-state index contributed by atoms with van der Waals surface area (Å²) in [5.41, 5.74) is 0.410. The fraction of sp³-hybridized carbons (Fsp3) is 0.417. The third-order valence-corrected chi connectivity index (χ3v) is 2.26. The molecule has 0 amide bonds. The van der Waals surface area contributed by atoms with Gasteiger partial charge in [-0.1, -0.05) is 19.9 Å². The summed E-state index contributed by atoms with van der Waals surface area (Å²) in [6.45, 7) is 11.6. The molecule has 0 fully saturated rings. The van der Waals surface area contributed by atoms with Gasteiger partial charge < -0.3 is 19.5 Å². The highest BCUT2D eigenvalue weighted by atomic mass is 16.5. The van der Waals surface area contributed by atoms with E-state index in [-0.39, 0.29) is 11.2 Å². The van der Waals surface area contributed by atoms with Crippen molar-refractivity contribution in [2.75, 3.05) is 13.7 Å². The van der Waals surface area contributed by atoms with E-state index in [1.54, 1.807) is 0 Å². The zero-order valence-electron chi connectivity index (χ0n) is 10.7. The normalized spacial score (nSPS) is 10.1. The minimum atomic E-state index is -1.64. The predicted molar refractivity (Wildman–Crippen MR) is 69.4 cm³/mol. The van der Waals surface area contributed by atoms with Crippen LogP contribution in [0.3, 0.4) is 0 Å². The molecule has 0 radical (unpaired) electrons. The molecule has 6 heteroatoms. The molecule has 1 aromatic carbocycles. The average Bonchev–Trinajstić information content (AvgIpc) is 2.34. The van der Waals surface area contributed by atoms with Crippen LogP contribution in [-0.2, 0) is 0 Å². The summed E-state index contributed by atoms with van der Waals surface area (Å²) in [7, 11) is -0.197. The van der Waals surface area contributed by atoms with Gasteiger partial charge in [0, 0.05) is 0 Å². The summed E-state index contributed by atoms with van der Waals surface area (Å²) in [6, 6.07) is 2.84. The van der Waals surface area contributed by atoms with Crippen LogP contribution in [-0.4, -0.2) is 30.9 Å². The van der Waals surface area contributed by atoms with Crippen molar-refractivity contribution in [2.45, 2.75) is 13.8 Å². The molecule has 0 aromatic heterocycles. The summed E-state index contributed by atoms with van der Waals surface area (Å²) in [6.07, 6.45) is 0. The first-order valence-electron chi connectivity index (χ1n) is 5.58. The van der Waals surface area contributed by atoms with E-state index >= 15 is 0 Å². The second-order valence-electron chi connectivity index (χ2n) is 4.26. The van der Waals surface area contributed by atoms with Gasteiger partial charge in [-0.2, -0.15) is 0 Å². The molecule has 5 nitrogen and oxygen atoms in total. The first kappa shape index (κ1) is 14.4. The van der Waals surface area contributed by atoms with Gasteiger partial charge in [0.15, 0.2) is 5.75 Å². The summed E-state index contributed by atoms with van der Waals surface area (Å²) >= 11 is 0. The van der Waals surface area contributed by atoms with Gasteiger partial charge in [0.25, 0.3) is 0 Å². The second-order valence-corrected chi connectivity index (χ2v) is 4.26. The number of nitrogens with zero attached hydrogens (tertiary/aromatic N) is 1. The molecule has 0 spiro atoms. The quantitative estimate of drug-likeness (QED) is 0.602. The van der Waals surface area contributed by atoms with Crippen molar-refractivity contribution in [3.63, 3.8) is 0 Å². The van der Waals surface area contributed by atoms with E-state index in [1.807, 2.05) is 13.8 Å². The van der Waals surface area contributed by atoms with Crippen LogP contribution in [0, 0.1) is 12.5 Å². The predicted octanol–water partition coefficient (Wildman–Crippen LogP) is 0.961. The van der Waals surface area contributed by atoms with Gasteiger partial charge in [-0.05, 0) is 17.4 Å². The van der Waals surface area contributed by atoms with Crippen molar-refractivity contribution in [1.82, 2.24) is 0 Å². The summed E-state index contributed by atoms with van der Waals surface area (Å²) in [4.78, 5) is 3.32. The van der Waals surface area contributed by atoms with Crippen molar-refractivity contribution in [1.29, 1.82) is 0 Å². The second kappa shape index (κ2) is 6.29. The molecule has 0 bridgehead atoms. The highest BCUT2D eigenvalue weighted by molar-refractivity contribution is 6.58. The average molecular weight is 249 g/mol. The molecule has 2 N–H and O–H groups in total. The van der Waals surface area contributed by atoms with Crippen LogP contribution in [0.15, 0.2) is 12.1 Å². The Labute approximate surface area is 107 Å². The third kappa shape index (κ3) is 3.39. The van der Waals surface area contributed by atoms with Gasteiger partial charge in [-0.3, -0.25) is 0 Å². The fourth-order valence-electron chi connectivity index (χ4n) is 1.39. The Morgan fingerprint density at radius 3 is 2.50 bits per heavy atom. The molecule has 0 aliphatic heterocycles. The lowest BCUT2D eigenvalue weighted by Gasteiger charge is -2.15. The molecule has 0 unspecified atom stereocenters. The molecule has 96 valence electrons. The maximum absolute atomic E-state index is 9.13. The lowest BCUT2D eigenvalue weighted by atomic mass is 9.80. The summed E-state index contributed by atoms with van der Waals surface area (Å²) < 4.78 is 10.7. The molecule has 0 aliphatic rings. The molecule has 18 heavy (non-hydrogen) atoms. The molecule has 0 heterocycles. The summed E-state index contributed by atoms with van der Waals surface area (Å²) in [5, 5.41) is 18.3. The molecule has 1 aromatic rings. The molecule has 1 rings (SSSR count). The smallest absolute Gasteiger partial charge is 0.487 e. The zero-order valence-corrected chi connectivity index (χ0v) is 10.7. The van der Waals surface area contributed by atoms with Crippen molar-refractivity contribution in [3.8, 4) is 11.5 Å².